The Morgan fingerprint density at radius 1 is 1.10 bits per heavy atom. The summed E-state index contributed by atoms with van der Waals surface area (Å²) >= 11 is 0. The van der Waals surface area contributed by atoms with Gasteiger partial charge in [0, 0.05) is 13.1 Å². The number of hydrogen-bond acceptors (Lipinski definition) is 2. The summed E-state index contributed by atoms with van der Waals surface area (Å²) in [6, 6.07) is 8.43. The molecule has 0 saturated carbocycles. The molecule has 0 radical (unpaired) electrons. The zero-order valence-electron chi connectivity index (χ0n) is 12.9. The minimum atomic E-state index is 0.933. The van der Waals surface area contributed by atoms with Crippen LogP contribution in [0.1, 0.15) is 44.6 Å². The minimum absolute atomic E-state index is 0.933. The van der Waals surface area contributed by atoms with Gasteiger partial charge in [-0.15, -0.1) is 0 Å². The van der Waals surface area contributed by atoms with Crippen molar-refractivity contribution in [2.24, 2.45) is 0 Å². The van der Waals surface area contributed by atoms with Gasteiger partial charge in [0.25, 0.3) is 0 Å². The van der Waals surface area contributed by atoms with Gasteiger partial charge in [-0.25, -0.2) is 0 Å². The van der Waals surface area contributed by atoms with Gasteiger partial charge in [-0.1, -0.05) is 44.4 Å². The first kappa shape index (κ1) is 15.1. The van der Waals surface area contributed by atoms with Crippen molar-refractivity contribution >= 4 is 5.57 Å². The van der Waals surface area contributed by atoms with Crippen molar-refractivity contribution in [1.29, 1.82) is 0 Å². The number of unbranched alkanes of at least 4 members (excludes halogenated alkanes) is 3. The highest BCUT2D eigenvalue weighted by molar-refractivity contribution is 5.67. The lowest BCUT2D eigenvalue weighted by atomic mass is 9.99. The number of rotatable bonds is 7. The van der Waals surface area contributed by atoms with Crippen LogP contribution in [0, 0.1) is 0 Å². The average Bonchev–Trinajstić information content (AvgIpc) is 2.52. The number of nitrogens with zero attached hydrogens (tertiary/aromatic N) is 1. The van der Waals surface area contributed by atoms with Gasteiger partial charge in [-0.2, -0.15) is 0 Å². The molecule has 1 aromatic carbocycles. The van der Waals surface area contributed by atoms with E-state index in [1.54, 1.807) is 7.11 Å². The van der Waals surface area contributed by atoms with Crippen LogP contribution in [0.5, 0.6) is 5.75 Å². The Morgan fingerprint density at radius 3 is 2.50 bits per heavy atom. The van der Waals surface area contributed by atoms with E-state index in [-0.39, 0.29) is 0 Å². The second-order valence-electron chi connectivity index (χ2n) is 5.57. The van der Waals surface area contributed by atoms with Crippen LogP contribution in [0.4, 0.5) is 0 Å². The van der Waals surface area contributed by atoms with Crippen molar-refractivity contribution in [2.45, 2.75) is 39.0 Å². The molecule has 20 heavy (non-hydrogen) atoms. The van der Waals surface area contributed by atoms with E-state index in [2.05, 4.69) is 30.0 Å². The molecule has 0 amide bonds. The Balaban J connectivity index is 1.82. The third-order valence-electron chi connectivity index (χ3n) is 4.08. The minimum Gasteiger partial charge on any atom is -0.497 e. The largest absolute Gasteiger partial charge is 0.497 e. The predicted octanol–water partition coefficient (Wildman–Crippen LogP) is 4.36. The van der Waals surface area contributed by atoms with Crippen LogP contribution < -0.4 is 4.74 Å². The van der Waals surface area contributed by atoms with Gasteiger partial charge < -0.3 is 4.74 Å². The molecule has 2 rings (SSSR count). The van der Waals surface area contributed by atoms with E-state index < -0.39 is 0 Å². The zero-order valence-corrected chi connectivity index (χ0v) is 12.9. The van der Waals surface area contributed by atoms with E-state index in [4.69, 9.17) is 4.74 Å². The molecule has 0 aliphatic carbocycles. The summed E-state index contributed by atoms with van der Waals surface area (Å²) in [5, 5.41) is 0. The van der Waals surface area contributed by atoms with E-state index in [1.807, 2.05) is 12.1 Å². The molecule has 1 heterocycles. The van der Waals surface area contributed by atoms with E-state index in [0.29, 0.717) is 0 Å². The van der Waals surface area contributed by atoms with E-state index >= 15 is 0 Å². The quantitative estimate of drug-likeness (QED) is 0.684. The zero-order chi connectivity index (χ0) is 14.2. The molecule has 1 aliphatic heterocycles. The summed E-state index contributed by atoms with van der Waals surface area (Å²) in [4.78, 5) is 2.57. The molecule has 0 bridgehead atoms. The highest BCUT2D eigenvalue weighted by atomic mass is 16.5. The first-order valence-corrected chi connectivity index (χ1v) is 7.89. The van der Waals surface area contributed by atoms with Gasteiger partial charge in [-0.3, -0.25) is 4.90 Å². The van der Waals surface area contributed by atoms with Gasteiger partial charge >= 0.3 is 0 Å². The van der Waals surface area contributed by atoms with Crippen LogP contribution in [-0.4, -0.2) is 31.6 Å². The van der Waals surface area contributed by atoms with Crippen LogP contribution in [0.3, 0.4) is 0 Å². The predicted molar refractivity (Wildman–Crippen MR) is 86.2 cm³/mol. The van der Waals surface area contributed by atoms with Crippen LogP contribution >= 0.6 is 0 Å². The van der Waals surface area contributed by atoms with Gasteiger partial charge in [0.1, 0.15) is 5.75 Å². The van der Waals surface area contributed by atoms with E-state index in [9.17, 15) is 0 Å². The maximum Gasteiger partial charge on any atom is 0.118 e. The summed E-state index contributed by atoms with van der Waals surface area (Å²) in [7, 11) is 1.71. The normalized spacial score (nSPS) is 16.0. The Morgan fingerprint density at radius 2 is 1.90 bits per heavy atom. The average molecular weight is 273 g/mol. The van der Waals surface area contributed by atoms with Gasteiger partial charge in [0.05, 0.1) is 7.11 Å². The summed E-state index contributed by atoms with van der Waals surface area (Å²) < 4.78 is 5.21. The Bertz CT molecular complexity index is 422. The number of methoxy groups -OCH3 is 1. The summed E-state index contributed by atoms with van der Waals surface area (Å²) in [6.45, 7) is 5.83. The first-order chi connectivity index (χ1) is 9.83. The fourth-order valence-corrected chi connectivity index (χ4v) is 2.74. The molecule has 1 aromatic rings. The third-order valence-corrected chi connectivity index (χ3v) is 4.08. The monoisotopic (exact) mass is 273 g/mol. The van der Waals surface area contributed by atoms with Crippen molar-refractivity contribution < 1.29 is 4.74 Å². The molecular formula is C18H27NO. The molecular weight excluding hydrogens is 246 g/mol. The van der Waals surface area contributed by atoms with E-state index in [0.717, 1.165) is 12.3 Å². The summed E-state index contributed by atoms with van der Waals surface area (Å²) in [6.07, 6.45) is 8.98. The van der Waals surface area contributed by atoms with Crippen LogP contribution in [0.15, 0.2) is 30.3 Å². The van der Waals surface area contributed by atoms with Gasteiger partial charge in [0.2, 0.25) is 0 Å². The van der Waals surface area contributed by atoms with Gasteiger partial charge in [0.15, 0.2) is 0 Å². The fourth-order valence-electron chi connectivity index (χ4n) is 2.74. The maximum atomic E-state index is 5.21. The van der Waals surface area contributed by atoms with Crippen LogP contribution in [0.2, 0.25) is 0 Å². The van der Waals surface area contributed by atoms with Crippen molar-refractivity contribution in [2.75, 3.05) is 26.7 Å². The lowest BCUT2D eigenvalue weighted by molar-refractivity contribution is 0.294. The smallest absolute Gasteiger partial charge is 0.118 e. The molecule has 2 nitrogen and oxygen atoms in total. The lowest BCUT2D eigenvalue weighted by Gasteiger charge is -2.26. The standard InChI is InChI=1S/C18H27NO/c1-3-4-5-6-13-19-14-11-17(12-15-19)16-7-9-18(20-2)10-8-16/h7-11H,3-6,12-15H2,1-2H3. The van der Waals surface area contributed by atoms with Crippen molar-refractivity contribution in [3.63, 3.8) is 0 Å². The third kappa shape index (κ3) is 4.38. The molecule has 0 N–H and O–H groups in total. The molecule has 1 aliphatic rings. The number of ether oxygens (including phenoxy) is 1. The summed E-state index contributed by atoms with van der Waals surface area (Å²) in [5.74, 6) is 0.933. The Labute approximate surface area is 123 Å². The van der Waals surface area contributed by atoms with Crippen molar-refractivity contribution in [1.82, 2.24) is 4.90 Å². The molecule has 0 spiro atoms. The van der Waals surface area contributed by atoms with Crippen LogP contribution in [-0.2, 0) is 0 Å². The van der Waals surface area contributed by atoms with Crippen molar-refractivity contribution in [3.05, 3.63) is 35.9 Å². The molecule has 0 saturated heterocycles. The Hall–Kier alpha value is -1.28. The SMILES string of the molecule is CCCCCCN1CC=C(c2ccc(OC)cc2)CC1. The van der Waals surface area contributed by atoms with Gasteiger partial charge in [-0.05, 0) is 42.7 Å². The van der Waals surface area contributed by atoms with Crippen molar-refractivity contribution in [3.8, 4) is 5.75 Å². The molecule has 0 aromatic heterocycles. The fraction of sp³-hybridized carbons (Fsp3) is 0.556. The summed E-state index contributed by atoms with van der Waals surface area (Å²) in [5.41, 5.74) is 2.83. The second-order valence-corrected chi connectivity index (χ2v) is 5.57. The molecule has 0 unspecified atom stereocenters. The molecule has 2 heteroatoms. The molecule has 110 valence electrons. The number of benzene rings is 1. The first-order valence-electron chi connectivity index (χ1n) is 7.89. The second kappa shape index (κ2) is 8.11. The van der Waals surface area contributed by atoms with Crippen LogP contribution in [0.25, 0.3) is 5.57 Å². The maximum absolute atomic E-state index is 5.21. The highest BCUT2D eigenvalue weighted by Crippen LogP contribution is 2.24. The molecule has 0 fully saturated rings. The molecule has 0 atom stereocenters. The highest BCUT2D eigenvalue weighted by Gasteiger charge is 2.12. The van der Waals surface area contributed by atoms with E-state index in [1.165, 1.54) is 56.3 Å². The topological polar surface area (TPSA) is 12.5 Å². The Kier molecular flexibility index (Phi) is 6.13. The number of hydrogen-bond donors (Lipinski definition) is 0. The lowest BCUT2D eigenvalue weighted by Crippen LogP contribution is -2.29.